The van der Waals surface area contributed by atoms with Crippen molar-refractivity contribution in [3.8, 4) is 24.2 Å². The Morgan fingerprint density at radius 3 is 1.89 bits per heavy atom. The van der Waals surface area contributed by atoms with Gasteiger partial charge in [0.1, 0.15) is 0 Å². The summed E-state index contributed by atoms with van der Waals surface area (Å²) in [6.45, 7) is 2.25. The zero-order chi connectivity index (χ0) is 13.5. The van der Waals surface area contributed by atoms with E-state index in [-0.39, 0.29) is 0 Å². The Bertz CT molecular complexity index is 298. The molecule has 0 N–H and O–H groups in total. The van der Waals surface area contributed by atoms with E-state index in [1.807, 2.05) is 5.92 Å². The zero-order valence-corrected chi connectivity index (χ0v) is 11.8. The van der Waals surface area contributed by atoms with E-state index in [4.69, 9.17) is 6.42 Å². The van der Waals surface area contributed by atoms with Crippen molar-refractivity contribution in [2.75, 3.05) is 0 Å². The van der Waals surface area contributed by atoms with Crippen LogP contribution < -0.4 is 0 Å². The quantitative estimate of drug-likeness (QED) is 0.315. The van der Waals surface area contributed by atoms with E-state index in [1.54, 1.807) is 0 Å². The first-order valence-electron chi connectivity index (χ1n) is 7.30. The number of carbonyl (C=O) groups excluding carboxylic acids is 1. The van der Waals surface area contributed by atoms with Gasteiger partial charge in [-0.25, -0.2) is 0 Å². The van der Waals surface area contributed by atoms with Gasteiger partial charge < -0.3 is 0 Å². The van der Waals surface area contributed by atoms with Crippen molar-refractivity contribution in [1.82, 2.24) is 0 Å². The van der Waals surface area contributed by atoms with E-state index < -0.39 is 5.78 Å². The number of hydrogen-bond donors (Lipinski definition) is 0. The van der Waals surface area contributed by atoms with Crippen LogP contribution in [-0.4, -0.2) is 5.78 Å². The molecule has 1 nitrogen and oxygen atoms in total. The van der Waals surface area contributed by atoms with Crippen LogP contribution in [0.3, 0.4) is 0 Å². The summed E-state index contributed by atoms with van der Waals surface area (Å²) in [5.74, 6) is 6.85. The van der Waals surface area contributed by atoms with Crippen LogP contribution in [-0.2, 0) is 4.79 Å². The van der Waals surface area contributed by atoms with Gasteiger partial charge in [-0.3, -0.25) is 4.79 Å². The van der Waals surface area contributed by atoms with Crippen LogP contribution in [0.1, 0.15) is 77.6 Å². The Hall–Kier alpha value is -1.21. The molecule has 18 heavy (non-hydrogen) atoms. The lowest BCUT2D eigenvalue weighted by Crippen LogP contribution is -1.85. The second-order valence-corrected chi connectivity index (χ2v) is 4.71. The molecule has 0 fully saturated rings. The largest absolute Gasteiger partial charge is 0.278 e. The molecule has 0 saturated carbocycles. The molecular formula is C17H26O. The summed E-state index contributed by atoms with van der Waals surface area (Å²) in [5, 5.41) is 0. The molecule has 0 saturated heterocycles. The fraction of sp³-hybridized carbons (Fsp3) is 0.706. The first-order valence-corrected chi connectivity index (χ1v) is 7.30. The zero-order valence-electron chi connectivity index (χ0n) is 11.8. The van der Waals surface area contributed by atoms with Crippen molar-refractivity contribution in [3.05, 3.63) is 0 Å². The molecule has 1 heteroatoms. The lowest BCUT2D eigenvalue weighted by Gasteiger charge is -2.00. The Morgan fingerprint density at radius 1 is 0.889 bits per heavy atom. The molecule has 0 atom stereocenters. The summed E-state index contributed by atoms with van der Waals surface area (Å²) < 4.78 is 0. The van der Waals surface area contributed by atoms with Gasteiger partial charge >= 0.3 is 0 Å². The molecule has 0 aromatic carbocycles. The second-order valence-electron chi connectivity index (χ2n) is 4.71. The predicted octanol–water partition coefficient (Wildman–Crippen LogP) is 4.50. The standard InChI is InChI=1S/C17H26O/c1-3-5-6-7-8-9-10-11-12-13-14-15-16-17(18)4-2/h2H,3,5-14H2,1H3. The van der Waals surface area contributed by atoms with Crippen LogP contribution in [0, 0.1) is 24.2 Å². The fourth-order valence-corrected chi connectivity index (χ4v) is 1.88. The second kappa shape index (κ2) is 13.9. The molecule has 0 heterocycles. The highest BCUT2D eigenvalue weighted by atomic mass is 16.1. The summed E-state index contributed by atoms with van der Waals surface area (Å²) in [7, 11) is 0. The van der Waals surface area contributed by atoms with Gasteiger partial charge in [-0.15, -0.1) is 6.42 Å². The molecule has 0 bridgehead atoms. The van der Waals surface area contributed by atoms with Crippen molar-refractivity contribution in [2.24, 2.45) is 0 Å². The first kappa shape index (κ1) is 16.8. The van der Waals surface area contributed by atoms with Crippen LogP contribution >= 0.6 is 0 Å². The SMILES string of the molecule is C#CC(=O)C#CCCCCCCCCCCCC. The van der Waals surface area contributed by atoms with Crippen molar-refractivity contribution in [2.45, 2.75) is 77.6 Å². The fourth-order valence-electron chi connectivity index (χ4n) is 1.88. The lowest BCUT2D eigenvalue weighted by atomic mass is 10.1. The maximum atomic E-state index is 10.7. The van der Waals surface area contributed by atoms with E-state index in [2.05, 4.69) is 18.8 Å². The highest BCUT2D eigenvalue weighted by Gasteiger charge is 1.92. The highest BCUT2D eigenvalue weighted by Crippen LogP contribution is 2.10. The normalized spacial score (nSPS) is 9.33. The lowest BCUT2D eigenvalue weighted by molar-refractivity contribution is -0.108. The number of terminal acetylenes is 1. The third-order valence-corrected chi connectivity index (χ3v) is 2.99. The van der Waals surface area contributed by atoms with Crippen LogP contribution in [0.4, 0.5) is 0 Å². The van der Waals surface area contributed by atoms with Crippen molar-refractivity contribution in [1.29, 1.82) is 0 Å². The Balaban J connectivity index is 3.14. The van der Waals surface area contributed by atoms with Crippen molar-refractivity contribution in [3.63, 3.8) is 0 Å². The highest BCUT2D eigenvalue weighted by molar-refractivity contribution is 6.08. The van der Waals surface area contributed by atoms with Crippen LogP contribution in [0.5, 0.6) is 0 Å². The Kier molecular flexibility index (Phi) is 12.9. The first-order chi connectivity index (χ1) is 8.81. The van der Waals surface area contributed by atoms with Crippen LogP contribution in [0.25, 0.3) is 0 Å². The average molecular weight is 246 g/mol. The van der Waals surface area contributed by atoms with Gasteiger partial charge in [0.05, 0.1) is 0 Å². The minimum atomic E-state index is -0.401. The van der Waals surface area contributed by atoms with Crippen LogP contribution in [0.2, 0.25) is 0 Å². The third kappa shape index (κ3) is 12.9. The van der Waals surface area contributed by atoms with Gasteiger partial charge in [-0.2, -0.15) is 0 Å². The molecule has 0 aliphatic carbocycles. The minimum Gasteiger partial charge on any atom is -0.270 e. The van der Waals surface area contributed by atoms with E-state index >= 15 is 0 Å². The number of rotatable bonds is 10. The van der Waals surface area contributed by atoms with Crippen molar-refractivity contribution < 1.29 is 4.79 Å². The topological polar surface area (TPSA) is 17.1 Å². The molecule has 0 radical (unpaired) electrons. The summed E-state index contributed by atoms with van der Waals surface area (Å²) in [4.78, 5) is 10.7. The maximum Gasteiger partial charge on any atom is 0.278 e. The molecule has 0 aliphatic heterocycles. The molecule has 0 aromatic heterocycles. The Morgan fingerprint density at radius 2 is 1.39 bits per heavy atom. The minimum absolute atomic E-state index is 0.401. The molecule has 0 aliphatic rings. The molecular weight excluding hydrogens is 220 g/mol. The molecule has 100 valence electrons. The summed E-state index contributed by atoms with van der Waals surface area (Å²) in [6.07, 6.45) is 18.9. The maximum absolute atomic E-state index is 10.7. The molecule has 0 spiro atoms. The van der Waals surface area contributed by atoms with Gasteiger partial charge in [0.15, 0.2) is 0 Å². The molecule has 0 aromatic rings. The summed E-state index contributed by atoms with van der Waals surface area (Å²) in [6, 6.07) is 0. The van der Waals surface area contributed by atoms with Gasteiger partial charge in [0, 0.05) is 6.42 Å². The third-order valence-electron chi connectivity index (χ3n) is 2.99. The van der Waals surface area contributed by atoms with E-state index in [0.717, 1.165) is 12.8 Å². The van der Waals surface area contributed by atoms with Gasteiger partial charge in [-0.05, 0) is 18.3 Å². The van der Waals surface area contributed by atoms with Gasteiger partial charge in [0.2, 0.25) is 0 Å². The van der Waals surface area contributed by atoms with E-state index in [0.29, 0.717) is 0 Å². The van der Waals surface area contributed by atoms with E-state index in [1.165, 1.54) is 57.8 Å². The molecule has 0 rings (SSSR count). The monoisotopic (exact) mass is 246 g/mol. The summed E-state index contributed by atoms with van der Waals surface area (Å²) in [5.41, 5.74) is 0. The van der Waals surface area contributed by atoms with Crippen LogP contribution in [0.15, 0.2) is 0 Å². The number of carbonyl (C=O) groups is 1. The number of unbranched alkanes of at least 4 members (excludes halogenated alkanes) is 10. The molecule has 0 amide bonds. The summed E-state index contributed by atoms with van der Waals surface area (Å²) >= 11 is 0. The smallest absolute Gasteiger partial charge is 0.270 e. The predicted molar refractivity (Wildman–Crippen MR) is 78.1 cm³/mol. The van der Waals surface area contributed by atoms with Crippen molar-refractivity contribution >= 4 is 5.78 Å². The van der Waals surface area contributed by atoms with Gasteiger partial charge in [0.25, 0.3) is 5.78 Å². The number of hydrogen-bond acceptors (Lipinski definition) is 1. The van der Waals surface area contributed by atoms with E-state index in [9.17, 15) is 4.79 Å². The average Bonchev–Trinajstić information content (AvgIpc) is 2.39. The molecule has 0 unspecified atom stereocenters. The van der Waals surface area contributed by atoms with Gasteiger partial charge in [-0.1, -0.05) is 70.6 Å². The Labute approximate surface area is 113 Å². The number of ketones is 1. The number of Topliss-reactive ketones (excluding diaryl/α,β-unsaturated/α-hetero) is 1.